The molecule has 0 saturated carbocycles. The maximum absolute atomic E-state index is 5.96. The molecule has 0 amide bonds. The maximum Gasteiger partial charge on any atom is 0.137 e. The fourth-order valence-corrected chi connectivity index (χ4v) is 2.60. The van der Waals surface area contributed by atoms with Crippen LogP contribution in [0.25, 0.3) is 16.9 Å². The number of hydrogen-bond acceptors (Lipinski definition) is 2. The summed E-state index contributed by atoms with van der Waals surface area (Å²) in [5.74, 6) is 0. The molecular formula is C17H19N3. The number of rotatable bonds is 2. The van der Waals surface area contributed by atoms with Crippen LogP contribution >= 0.6 is 0 Å². The van der Waals surface area contributed by atoms with Crippen LogP contribution < -0.4 is 5.73 Å². The highest BCUT2D eigenvalue weighted by molar-refractivity contribution is 5.70. The quantitative estimate of drug-likeness (QED) is 0.772. The molecule has 0 aliphatic carbocycles. The third-order valence-corrected chi connectivity index (χ3v) is 3.72. The summed E-state index contributed by atoms with van der Waals surface area (Å²) in [6.45, 7) is 6.77. The molecule has 0 radical (unpaired) electrons. The van der Waals surface area contributed by atoms with Gasteiger partial charge in [-0.1, -0.05) is 17.7 Å². The molecule has 3 rings (SSSR count). The van der Waals surface area contributed by atoms with E-state index in [2.05, 4.69) is 61.7 Å². The number of nitrogens with zero attached hydrogens (tertiary/aromatic N) is 2. The zero-order valence-corrected chi connectivity index (χ0v) is 12.1. The lowest BCUT2D eigenvalue weighted by atomic mass is 10.0. The number of imidazole rings is 1. The summed E-state index contributed by atoms with van der Waals surface area (Å²) in [5, 5.41) is 0. The molecule has 2 N–H and O–H groups in total. The van der Waals surface area contributed by atoms with Crippen LogP contribution in [-0.2, 0) is 6.54 Å². The normalized spacial score (nSPS) is 11.2. The van der Waals surface area contributed by atoms with Gasteiger partial charge in [0.15, 0.2) is 0 Å². The summed E-state index contributed by atoms with van der Waals surface area (Å²) in [6.07, 6.45) is 2.05. The smallest absolute Gasteiger partial charge is 0.137 e. The molecular weight excluding hydrogens is 246 g/mol. The Balaban J connectivity index is 2.32. The summed E-state index contributed by atoms with van der Waals surface area (Å²) >= 11 is 0. The van der Waals surface area contributed by atoms with E-state index in [-0.39, 0.29) is 0 Å². The van der Waals surface area contributed by atoms with Crippen molar-refractivity contribution in [3.8, 4) is 11.3 Å². The van der Waals surface area contributed by atoms with Crippen LogP contribution in [0.3, 0.4) is 0 Å². The van der Waals surface area contributed by atoms with Gasteiger partial charge >= 0.3 is 0 Å². The first-order valence-corrected chi connectivity index (χ1v) is 6.85. The highest BCUT2D eigenvalue weighted by Crippen LogP contribution is 2.28. The lowest BCUT2D eigenvalue weighted by Crippen LogP contribution is -2.03. The molecule has 20 heavy (non-hydrogen) atoms. The van der Waals surface area contributed by atoms with Gasteiger partial charge in [0.2, 0.25) is 0 Å². The molecule has 3 aromatic rings. The third kappa shape index (κ3) is 2.00. The molecule has 102 valence electrons. The Morgan fingerprint density at radius 2 is 1.80 bits per heavy atom. The second-order valence-electron chi connectivity index (χ2n) is 5.36. The molecule has 2 aromatic heterocycles. The fraction of sp³-hybridized carbons (Fsp3) is 0.235. The number of aromatic nitrogens is 2. The standard InChI is InChI=1S/C17H19N3/c1-11-4-5-13(3)14(8-11)17-15(10-18)20-7-6-12(2)9-16(20)19-17/h4-9H,10,18H2,1-3H3. The molecule has 3 heteroatoms. The van der Waals surface area contributed by atoms with E-state index in [4.69, 9.17) is 10.7 Å². The van der Waals surface area contributed by atoms with Gasteiger partial charge in [-0.25, -0.2) is 4.98 Å². The van der Waals surface area contributed by atoms with Crippen LogP contribution in [0, 0.1) is 20.8 Å². The van der Waals surface area contributed by atoms with Crippen molar-refractivity contribution < 1.29 is 0 Å². The Bertz CT molecular complexity index is 784. The van der Waals surface area contributed by atoms with Crippen LogP contribution in [0.15, 0.2) is 36.5 Å². The SMILES string of the molecule is Cc1ccc(C)c(-c2nc3cc(C)ccn3c2CN)c1. The van der Waals surface area contributed by atoms with E-state index in [1.807, 2.05) is 0 Å². The van der Waals surface area contributed by atoms with E-state index in [0.717, 1.165) is 17.0 Å². The number of fused-ring (bicyclic) bond motifs is 1. The zero-order valence-electron chi connectivity index (χ0n) is 12.1. The van der Waals surface area contributed by atoms with Gasteiger partial charge in [-0.15, -0.1) is 0 Å². The third-order valence-electron chi connectivity index (χ3n) is 3.72. The van der Waals surface area contributed by atoms with Crippen LogP contribution in [0.1, 0.15) is 22.4 Å². The first kappa shape index (κ1) is 12.9. The minimum absolute atomic E-state index is 0.479. The molecule has 0 saturated heterocycles. The second-order valence-corrected chi connectivity index (χ2v) is 5.36. The molecule has 3 nitrogen and oxygen atoms in total. The van der Waals surface area contributed by atoms with Crippen molar-refractivity contribution in [2.24, 2.45) is 5.73 Å². The number of aryl methyl sites for hydroxylation is 3. The molecule has 0 aliphatic rings. The molecule has 0 unspecified atom stereocenters. The van der Waals surface area contributed by atoms with E-state index in [1.165, 1.54) is 22.3 Å². The summed E-state index contributed by atoms with van der Waals surface area (Å²) in [6, 6.07) is 10.6. The number of pyridine rings is 1. The van der Waals surface area contributed by atoms with Crippen molar-refractivity contribution in [1.82, 2.24) is 9.38 Å². The topological polar surface area (TPSA) is 43.3 Å². The first-order valence-electron chi connectivity index (χ1n) is 6.85. The largest absolute Gasteiger partial charge is 0.325 e. The Hall–Kier alpha value is -2.13. The monoisotopic (exact) mass is 265 g/mol. The molecule has 0 fully saturated rings. The summed E-state index contributed by atoms with van der Waals surface area (Å²) in [4.78, 5) is 4.80. The first-order chi connectivity index (χ1) is 9.60. The molecule has 0 spiro atoms. The molecule has 0 atom stereocenters. The van der Waals surface area contributed by atoms with Crippen molar-refractivity contribution in [2.45, 2.75) is 27.3 Å². The van der Waals surface area contributed by atoms with Gasteiger partial charge in [0.25, 0.3) is 0 Å². The summed E-state index contributed by atoms with van der Waals surface area (Å²) in [5.41, 5.74) is 13.8. The lowest BCUT2D eigenvalue weighted by molar-refractivity contribution is 0.960. The number of hydrogen-bond donors (Lipinski definition) is 1. The van der Waals surface area contributed by atoms with Crippen molar-refractivity contribution >= 4 is 5.65 Å². The van der Waals surface area contributed by atoms with Gasteiger partial charge in [0.05, 0.1) is 11.4 Å². The van der Waals surface area contributed by atoms with Gasteiger partial charge in [-0.3, -0.25) is 0 Å². The number of nitrogens with two attached hydrogens (primary N) is 1. The summed E-state index contributed by atoms with van der Waals surface area (Å²) in [7, 11) is 0. The Morgan fingerprint density at radius 1 is 1.05 bits per heavy atom. The van der Waals surface area contributed by atoms with Crippen molar-refractivity contribution in [2.75, 3.05) is 0 Å². The van der Waals surface area contributed by atoms with Crippen LogP contribution in [0.2, 0.25) is 0 Å². The molecule has 0 bridgehead atoms. The van der Waals surface area contributed by atoms with Gasteiger partial charge in [-0.2, -0.15) is 0 Å². The maximum atomic E-state index is 5.96. The predicted octanol–water partition coefficient (Wildman–Crippen LogP) is 3.39. The van der Waals surface area contributed by atoms with E-state index >= 15 is 0 Å². The van der Waals surface area contributed by atoms with Crippen molar-refractivity contribution in [3.05, 3.63) is 58.9 Å². The van der Waals surface area contributed by atoms with E-state index < -0.39 is 0 Å². The molecule has 2 heterocycles. The second kappa shape index (κ2) is 4.76. The minimum atomic E-state index is 0.479. The van der Waals surface area contributed by atoms with Gasteiger partial charge < -0.3 is 10.1 Å². The minimum Gasteiger partial charge on any atom is -0.325 e. The Kier molecular flexibility index (Phi) is 3.07. The van der Waals surface area contributed by atoms with Gasteiger partial charge in [0, 0.05) is 18.3 Å². The van der Waals surface area contributed by atoms with Crippen molar-refractivity contribution in [3.63, 3.8) is 0 Å². The van der Waals surface area contributed by atoms with Crippen LogP contribution in [-0.4, -0.2) is 9.38 Å². The van der Waals surface area contributed by atoms with E-state index in [9.17, 15) is 0 Å². The predicted molar refractivity (Wildman–Crippen MR) is 82.7 cm³/mol. The Morgan fingerprint density at radius 3 is 2.55 bits per heavy atom. The van der Waals surface area contributed by atoms with Crippen LogP contribution in [0.4, 0.5) is 0 Å². The average Bonchev–Trinajstić information content (AvgIpc) is 2.78. The highest BCUT2D eigenvalue weighted by Gasteiger charge is 2.14. The fourth-order valence-electron chi connectivity index (χ4n) is 2.60. The van der Waals surface area contributed by atoms with E-state index in [1.54, 1.807) is 0 Å². The lowest BCUT2D eigenvalue weighted by Gasteiger charge is -2.07. The highest BCUT2D eigenvalue weighted by atomic mass is 15.0. The molecule has 0 aliphatic heterocycles. The number of benzene rings is 1. The van der Waals surface area contributed by atoms with Gasteiger partial charge in [-0.05, 0) is 50.1 Å². The summed E-state index contributed by atoms with van der Waals surface area (Å²) < 4.78 is 2.09. The van der Waals surface area contributed by atoms with Gasteiger partial charge in [0.1, 0.15) is 5.65 Å². The van der Waals surface area contributed by atoms with E-state index in [0.29, 0.717) is 6.54 Å². The van der Waals surface area contributed by atoms with Crippen LogP contribution in [0.5, 0.6) is 0 Å². The molecule has 1 aromatic carbocycles. The zero-order chi connectivity index (χ0) is 14.3. The Labute approximate surface area is 119 Å². The average molecular weight is 265 g/mol. The van der Waals surface area contributed by atoms with Crippen molar-refractivity contribution in [1.29, 1.82) is 0 Å².